The lowest BCUT2D eigenvalue weighted by Crippen LogP contribution is -2.36. The number of nitrogens with one attached hydrogen (secondary N) is 3. The van der Waals surface area contributed by atoms with Gasteiger partial charge in [-0.25, -0.2) is 4.39 Å². The first-order valence-electron chi connectivity index (χ1n) is 10.6. The molecule has 33 heavy (non-hydrogen) atoms. The number of carbonyl (C=O) groups is 1. The third-order valence-corrected chi connectivity index (χ3v) is 5.51. The third-order valence-electron chi connectivity index (χ3n) is 5.22. The summed E-state index contributed by atoms with van der Waals surface area (Å²) in [5, 5.41) is 7.05. The van der Waals surface area contributed by atoms with Crippen LogP contribution in [0.25, 0.3) is 10.9 Å². The van der Waals surface area contributed by atoms with Crippen LogP contribution in [-0.4, -0.2) is 23.4 Å². The Balaban J connectivity index is 1.55. The molecule has 0 aliphatic carbocycles. The fourth-order valence-electron chi connectivity index (χ4n) is 3.74. The first kappa shape index (κ1) is 22.6. The van der Waals surface area contributed by atoms with E-state index in [0.29, 0.717) is 18.9 Å². The molecule has 1 amide bonds. The van der Waals surface area contributed by atoms with Crippen LogP contribution in [0, 0.1) is 19.7 Å². The highest BCUT2D eigenvalue weighted by Gasteiger charge is 2.12. The number of carbonyl (C=O) groups excluding carboxylic acids is 1. The van der Waals surface area contributed by atoms with Crippen LogP contribution in [0.3, 0.4) is 0 Å². The van der Waals surface area contributed by atoms with Gasteiger partial charge in [0, 0.05) is 34.9 Å². The summed E-state index contributed by atoms with van der Waals surface area (Å²) in [6.45, 7) is 4.47. The van der Waals surface area contributed by atoms with Crippen LogP contribution in [0.4, 0.5) is 10.1 Å². The van der Waals surface area contributed by atoms with Crippen LogP contribution in [0.2, 0.25) is 5.02 Å². The molecule has 0 radical (unpaired) electrons. The van der Waals surface area contributed by atoms with Crippen molar-refractivity contribution in [3.05, 3.63) is 100.0 Å². The number of benzene rings is 3. The molecule has 5 nitrogen and oxygen atoms in total. The van der Waals surface area contributed by atoms with Gasteiger partial charge in [0.05, 0.1) is 5.02 Å². The van der Waals surface area contributed by atoms with Crippen molar-refractivity contribution < 1.29 is 9.18 Å². The van der Waals surface area contributed by atoms with Gasteiger partial charge >= 0.3 is 0 Å². The molecule has 0 aliphatic heterocycles. The highest BCUT2D eigenvalue weighted by atomic mass is 35.5. The predicted molar refractivity (Wildman–Crippen MR) is 133 cm³/mol. The number of H-pyrrole nitrogens is 1. The molecule has 3 N–H and O–H groups in total. The van der Waals surface area contributed by atoms with Crippen molar-refractivity contribution in [2.45, 2.75) is 20.3 Å². The number of aromatic amines is 1. The number of anilines is 1. The summed E-state index contributed by atoms with van der Waals surface area (Å²) in [5.74, 6) is -0.695. The summed E-state index contributed by atoms with van der Waals surface area (Å²) >= 11 is 5.84. The van der Waals surface area contributed by atoms with Crippen LogP contribution in [0.1, 0.15) is 27.0 Å². The zero-order valence-corrected chi connectivity index (χ0v) is 19.1. The average Bonchev–Trinajstić information content (AvgIpc) is 3.18. The minimum atomic E-state index is -0.575. The lowest BCUT2D eigenvalue weighted by atomic mass is 10.1. The summed E-state index contributed by atoms with van der Waals surface area (Å²) < 4.78 is 13.5. The minimum absolute atomic E-state index is 0.109. The van der Waals surface area contributed by atoms with Crippen molar-refractivity contribution in [1.29, 1.82) is 0 Å². The lowest BCUT2D eigenvalue weighted by molar-refractivity contribution is 0.0977. The molecule has 0 bridgehead atoms. The van der Waals surface area contributed by atoms with E-state index in [1.165, 1.54) is 18.2 Å². The molecule has 0 fully saturated rings. The number of para-hydroxylation sites is 1. The number of amides is 1. The van der Waals surface area contributed by atoms with Crippen molar-refractivity contribution in [3.8, 4) is 0 Å². The number of rotatable bonds is 5. The van der Waals surface area contributed by atoms with Crippen molar-refractivity contribution in [2.75, 3.05) is 11.9 Å². The minimum Gasteiger partial charge on any atom is -0.361 e. The predicted octanol–water partition coefficient (Wildman–Crippen LogP) is 6.02. The third kappa shape index (κ3) is 5.59. The number of hydrogen-bond acceptors (Lipinski definition) is 2. The maximum absolute atomic E-state index is 13.5. The molecule has 4 aromatic rings. The zero-order chi connectivity index (χ0) is 23.4. The van der Waals surface area contributed by atoms with Crippen molar-refractivity contribution in [3.63, 3.8) is 0 Å². The summed E-state index contributed by atoms with van der Waals surface area (Å²) in [5.41, 5.74) is 5.46. The first-order chi connectivity index (χ1) is 15.9. The highest BCUT2D eigenvalue weighted by molar-refractivity contribution is 6.31. The van der Waals surface area contributed by atoms with E-state index in [0.717, 1.165) is 33.3 Å². The smallest absolute Gasteiger partial charge is 0.258 e. The van der Waals surface area contributed by atoms with E-state index in [2.05, 4.69) is 32.7 Å². The van der Waals surface area contributed by atoms with Gasteiger partial charge in [-0.05, 0) is 73.4 Å². The van der Waals surface area contributed by atoms with E-state index >= 15 is 0 Å². The molecule has 4 rings (SSSR count). The van der Waals surface area contributed by atoms with Gasteiger partial charge in [0.15, 0.2) is 0 Å². The van der Waals surface area contributed by atoms with Gasteiger partial charge in [0.25, 0.3) is 5.91 Å². The van der Waals surface area contributed by atoms with E-state index in [9.17, 15) is 9.18 Å². The Kier molecular flexibility index (Phi) is 6.75. The number of guanidine groups is 1. The van der Waals surface area contributed by atoms with Crippen LogP contribution >= 0.6 is 11.6 Å². The SMILES string of the molecule is Cc1cc(C)cc(NC(=NCCc2c[nH]c3ccccc23)NC(=O)c2ccc(F)c(Cl)c2)c1. The van der Waals surface area contributed by atoms with Crippen LogP contribution in [-0.2, 0) is 6.42 Å². The Bertz CT molecular complexity index is 1330. The molecular formula is C26H24ClFN4O. The van der Waals surface area contributed by atoms with Crippen LogP contribution in [0.15, 0.2) is 71.9 Å². The van der Waals surface area contributed by atoms with E-state index in [1.807, 2.05) is 50.4 Å². The number of nitrogens with zero attached hydrogens (tertiary/aromatic N) is 1. The summed E-state index contributed by atoms with van der Waals surface area (Å²) in [6.07, 6.45) is 2.68. The molecule has 0 spiro atoms. The van der Waals surface area contributed by atoms with Gasteiger partial charge in [-0.3, -0.25) is 15.1 Å². The standard InChI is InChI=1S/C26H24ClFN4O/c1-16-11-17(2)13-20(12-16)31-26(32-25(33)18-7-8-23(28)22(27)14-18)29-10-9-19-15-30-24-6-4-3-5-21(19)24/h3-8,11-15,30H,9-10H2,1-2H3,(H2,29,31,32,33). The molecule has 0 unspecified atom stereocenters. The maximum Gasteiger partial charge on any atom is 0.258 e. The van der Waals surface area contributed by atoms with Gasteiger partial charge in [-0.1, -0.05) is 35.9 Å². The monoisotopic (exact) mass is 462 g/mol. The van der Waals surface area contributed by atoms with E-state index < -0.39 is 11.7 Å². The molecule has 1 aromatic heterocycles. The van der Waals surface area contributed by atoms with E-state index in [1.54, 1.807) is 0 Å². The number of aliphatic imine (C=N–C) groups is 1. The normalized spacial score (nSPS) is 11.6. The molecular weight excluding hydrogens is 439 g/mol. The number of halogens is 2. The molecule has 7 heteroatoms. The van der Waals surface area contributed by atoms with Gasteiger partial charge < -0.3 is 10.3 Å². The highest BCUT2D eigenvalue weighted by Crippen LogP contribution is 2.19. The molecule has 0 saturated heterocycles. The quantitative estimate of drug-likeness (QED) is 0.251. The molecule has 168 valence electrons. The van der Waals surface area contributed by atoms with Gasteiger partial charge in [0.1, 0.15) is 5.82 Å². The zero-order valence-electron chi connectivity index (χ0n) is 18.4. The van der Waals surface area contributed by atoms with E-state index in [-0.39, 0.29) is 10.6 Å². The number of aromatic nitrogens is 1. The van der Waals surface area contributed by atoms with Crippen molar-refractivity contribution >= 4 is 40.1 Å². The Morgan fingerprint density at radius 3 is 2.58 bits per heavy atom. The second kappa shape index (κ2) is 9.88. The van der Waals surface area contributed by atoms with Crippen molar-refractivity contribution in [1.82, 2.24) is 10.3 Å². The molecule has 0 atom stereocenters. The fourth-order valence-corrected chi connectivity index (χ4v) is 3.92. The van der Waals surface area contributed by atoms with Gasteiger partial charge in [-0.2, -0.15) is 0 Å². The maximum atomic E-state index is 13.5. The van der Waals surface area contributed by atoms with Crippen molar-refractivity contribution in [2.24, 2.45) is 4.99 Å². The summed E-state index contributed by atoms with van der Waals surface area (Å²) in [7, 11) is 0. The number of hydrogen-bond donors (Lipinski definition) is 3. The Hall–Kier alpha value is -3.64. The summed E-state index contributed by atoms with van der Waals surface area (Å²) in [4.78, 5) is 20.7. The van der Waals surface area contributed by atoms with E-state index in [4.69, 9.17) is 11.6 Å². The fraction of sp³-hybridized carbons (Fsp3) is 0.154. The van der Waals surface area contributed by atoms with Gasteiger partial charge in [-0.15, -0.1) is 0 Å². The van der Waals surface area contributed by atoms with Crippen LogP contribution in [0.5, 0.6) is 0 Å². The number of aryl methyl sites for hydroxylation is 2. The Morgan fingerprint density at radius 2 is 1.82 bits per heavy atom. The molecule has 1 heterocycles. The summed E-state index contributed by atoms with van der Waals surface area (Å²) in [6, 6.07) is 18.0. The average molecular weight is 463 g/mol. The molecule has 0 saturated carbocycles. The molecule has 0 aliphatic rings. The first-order valence-corrected chi connectivity index (χ1v) is 11.0. The lowest BCUT2D eigenvalue weighted by Gasteiger charge is -2.13. The molecule has 3 aromatic carbocycles. The number of fused-ring (bicyclic) bond motifs is 1. The van der Waals surface area contributed by atoms with Gasteiger partial charge in [0.2, 0.25) is 5.96 Å². The Morgan fingerprint density at radius 1 is 1.06 bits per heavy atom. The second-order valence-electron chi connectivity index (χ2n) is 7.92. The second-order valence-corrected chi connectivity index (χ2v) is 8.33. The Labute approximate surface area is 196 Å². The van der Waals surface area contributed by atoms with Crippen LogP contribution < -0.4 is 10.6 Å². The topological polar surface area (TPSA) is 69.3 Å². The largest absolute Gasteiger partial charge is 0.361 e.